The van der Waals surface area contributed by atoms with Gasteiger partial charge in [0.1, 0.15) is 6.54 Å². The van der Waals surface area contributed by atoms with Crippen LogP contribution in [0.2, 0.25) is 0 Å². The first-order chi connectivity index (χ1) is 13.8. The van der Waals surface area contributed by atoms with Crippen molar-refractivity contribution in [2.24, 2.45) is 0 Å². The first-order valence-electron chi connectivity index (χ1n) is 9.81. The number of ketones is 1. The van der Waals surface area contributed by atoms with E-state index in [0.29, 0.717) is 11.3 Å². The topological polar surface area (TPSA) is 69.7 Å². The maximum Gasteiger partial charge on any atom is 0.244 e. The highest BCUT2D eigenvalue weighted by molar-refractivity contribution is 6.02. The van der Waals surface area contributed by atoms with Crippen molar-refractivity contribution >= 4 is 34.7 Å². The molecule has 2 amide bonds. The molecule has 0 radical (unpaired) electrons. The van der Waals surface area contributed by atoms with Crippen molar-refractivity contribution in [3.63, 3.8) is 0 Å². The van der Waals surface area contributed by atoms with E-state index in [0.717, 1.165) is 30.0 Å². The van der Waals surface area contributed by atoms with Crippen LogP contribution in [0.5, 0.6) is 0 Å². The summed E-state index contributed by atoms with van der Waals surface area (Å²) in [6.45, 7) is 10.8. The molecule has 6 heteroatoms. The van der Waals surface area contributed by atoms with E-state index in [4.69, 9.17) is 0 Å². The smallest absolute Gasteiger partial charge is 0.244 e. The Labute approximate surface area is 172 Å². The fourth-order valence-electron chi connectivity index (χ4n) is 3.23. The molecule has 2 aromatic rings. The van der Waals surface area contributed by atoms with Gasteiger partial charge in [-0.3, -0.25) is 14.4 Å². The lowest BCUT2D eigenvalue weighted by Crippen LogP contribution is -2.37. The van der Waals surface area contributed by atoms with Gasteiger partial charge in [-0.2, -0.15) is 0 Å². The summed E-state index contributed by atoms with van der Waals surface area (Å²) < 4.78 is 0. The lowest BCUT2D eigenvalue weighted by molar-refractivity contribution is -0.120. The fourth-order valence-corrected chi connectivity index (χ4v) is 3.23. The van der Waals surface area contributed by atoms with Crippen LogP contribution in [-0.2, 0) is 9.59 Å². The highest BCUT2D eigenvalue weighted by Crippen LogP contribution is 2.26. The zero-order valence-electron chi connectivity index (χ0n) is 17.8. The Morgan fingerprint density at radius 1 is 0.931 bits per heavy atom. The Hall–Kier alpha value is -3.15. The van der Waals surface area contributed by atoms with Gasteiger partial charge in [-0.05, 0) is 75.7 Å². The first-order valence-corrected chi connectivity index (χ1v) is 9.81. The molecule has 0 aliphatic heterocycles. The summed E-state index contributed by atoms with van der Waals surface area (Å²) in [4.78, 5) is 39.8. The normalized spacial score (nSPS) is 10.4. The van der Waals surface area contributed by atoms with Gasteiger partial charge < -0.3 is 15.1 Å². The molecule has 0 saturated carbocycles. The molecule has 0 aliphatic carbocycles. The van der Waals surface area contributed by atoms with Crippen molar-refractivity contribution < 1.29 is 14.4 Å². The van der Waals surface area contributed by atoms with Crippen molar-refractivity contribution in [2.75, 3.05) is 34.8 Å². The van der Waals surface area contributed by atoms with Crippen LogP contribution >= 0.6 is 0 Å². The SMILES string of the molecule is CCN(CC)c1ccc(N(CC(=O)Nc2ccc(C(C)=O)cc2)C(C)=O)c(C)c1. The van der Waals surface area contributed by atoms with E-state index in [1.165, 1.54) is 18.7 Å². The summed E-state index contributed by atoms with van der Waals surface area (Å²) in [5, 5.41) is 2.78. The highest BCUT2D eigenvalue weighted by atomic mass is 16.2. The maximum absolute atomic E-state index is 12.5. The number of nitrogens with one attached hydrogen (secondary N) is 1. The zero-order chi connectivity index (χ0) is 21.6. The minimum Gasteiger partial charge on any atom is -0.372 e. The minimum atomic E-state index is -0.303. The largest absolute Gasteiger partial charge is 0.372 e. The number of rotatable bonds is 8. The lowest BCUT2D eigenvalue weighted by atomic mass is 10.1. The lowest BCUT2D eigenvalue weighted by Gasteiger charge is -2.26. The summed E-state index contributed by atoms with van der Waals surface area (Å²) >= 11 is 0. The molecule has 0 spiro atoms. The molecular formula is C23H29N3O3. The Morgan fingerprint density at radius 2 is 1.55 bits per heavy atom. The highest BCUT2D eigenvalue weighted by Gasteiger charge is 2.18. The van der Waals surface area contributed by atoms with E-state index in [1.54, 1.807) is 24.3 Å². The van der Waals surface area contributed by atoms with Crippen molar-refractivity contribution in [1.82, 2.24) is 0 Å². The number of benzene rings is 2. The van der Waals surface area contributed by atoms with Gasteiger partial charge in [-0.15, -0.1) is 0 Å². The monoisotopic (exact) mass is 395 g/mol. The quantitative estimate of drug-likeness (QED) is 0.685. The number of Topliss-reactive ketones (excluding diaryl/α,β-unsaturated/α-hetero) is 1. The first kappa shape index (κ1) is 22.1. The molecule has 29 heavy (non-hydrogen) atoms. The molecule has 154 valence electrons. The number of aryl methyl sites for hydroxylation is 1. The fraction of sp³-hybridized carbons (Fsp3) is 0.348. The second kappa shape index (κ2) is 9.87. The molecule has 0 unspecified atom stereocenters. The van der Waals surface area contributed by atoms with Gasteiger partial charge in [0.25, 0.3) is 0 Å². The summed E-state index contributed by atoms with van der Waals surface area (Å²) in [5.41, 5.74) is 3.91. The number of carbonyl (C=O) groups excluding carboxylic acids is 3. The van der Waals surface area contributed by atoms with Crippen LogP contribution in [0.1, 0.15) is 43.6 Å². The molecule has 0 aromatic heterocycles. The van der Waals surface area contributed by atoms with E-state index in [9.17, 15) is 14.4 Å². The molecule has 0 fully saturated rings. The van der Waals surface area contributed by atoms with Crippen LogP contribution in [0.15, 0.2) is 42.5 Å². The predicted octanol–water partition coefficient (Wildman–Crippen LogP) is 4.04. The molecule has 0 aliphatic rings. The summed E-state index contributed by atoms with van der Waals surface area (Å²) in [6, 6.07) is 12.6. The predicted molar refractivity (Wildman–Crippen MR) is 118 cm³/mol. The number of hydrogen-bond acceptors (Lipinski definition) is 4. The van der Waals surface area contributed by atoms with Crippen molar-refractivity contribution in [3.8, 4) is 0 Å². The number of hydrogen-bond donors (Lipinski definition) is 1. The Kier molecular flexibility index (Phi) is 7.53. The van der Waals surface area contributed by atoms with Crippen molar-refractivity contribution in [3.05, 3.63) is 53.6 Å². The average molecular weight is 396 g/mol. The third-order valence-electron chi connectivity index (χ3n) is 4.86. The van der Waals surface area contributed by atoms with Crippen molar-refractivity contribution in [2.45, 2.75) is 34.6 Å². The second-order valence-corrected chi connectivity index (χ2v) is 6.93. The number of anilines is 3. The Morgan fingerprint density at radius 3 is 2.03 bits per heavy atom. The molecule has 0 bridgehead atoms. The summed E-state index contributed by atoms with van der Waals surface area (Å²) in [6.07, 6.45) is 0. The molecule has 6 nitrogen and oxygen atoms in total. The van der Waals surface area contributed by atoms with Crippen LogP contribution in [0.4, 0.5) is 17.1 Å². The molecular weight excluding hydrogens is 366 g/mol. The van der Waals surface area contributed by atoms with Crippen LogP contribution in [-0.4, -0.2) is 37.2 Å². The minimum absolute atomic E-state index is 0.0331. The van der Waals surface area contributed by atoms with Crippen LogP contribution in [0.25, 0.3) is 0 Å². The van der Waals surface area contributed by atoms with Crippen molar-refractivity contribution in [1.29, 1.82) is 0 Å². The van der Waals surface area contributed by atoms with E-state index in [1.807, 2.05) is 25.1 Å². The van der Waals surface area contributed by atoms with Gasteiger partial charge in [0, 0.05) is 42.6 Å². The van der Waals surface area contributed by atoms with Gasteiger partial charge in [-0.25, -0.2) is 0 Å². The molecule has 0 saturated heterocycles. The van der Waals surface area contributed by atoms with E-state index in [-0.39, 0.29) is 24.1 Å². The van der Waals surface area contributed by atoms with Crippen LogP contribution < -0.4 is 15.1 Å². The van der Waals surface area contributed by atoms with E-state index >= 15 is 0 Å². The van der Waals surface area contributed by atoms with E-state index in [2.05, 4.69) is 24.1 Å². The van der Waals surface area contributed by atoms with Gasteiger partial charge >= 0.3 is 0 Å². The number of nitrogens with zero attached hydrogens (tertiary/aromatic N) is 2. The third kappa shape index (κ3) is 5.67. The van der Waals surface area contributed by atoms with Gasteiger partial charge in [0.2, 0.25) is 11.8 Å². The summed E-state index contributed by atoms with van der Waals surface area (Å²) in [5.74, 6) is -0.539. The average Bonchev–Trinajstić information content (AvgIpc) is 2.68. The molecule has 1 N–H and O–H groups in total. The molecule has 2 aromatic carbocycles. The van der Waals surface area contributed by atoms with Gasteiger partial charge in [0.05, 0.1) is 0 Å². The number of amides is 2. The third-order valence-corrected chi connectivity index (χ3v) is 4.86. The molecule has 0 heterocycles. The van der Waals surface area contributed by atoms with Gasteiger partial charge in [-0.1, -0.05) is 0 Å². The Bertz CT molecular complexity index is 887. The second-order valence-electron chi connectivity index (χ2n) is 6.93. The zero-order valence-corrected chi connectivity index (χ0v) is 17.8. The Balaban J connectivity index is 2.16. The van der Waals surface area contributed by atoms with Crippen LogP contribution in [0, 0.1) is 6.92 Å². The molecule has 2 rings (SSSR count). The van der Waals surface area contributed by atoms with Gasteiger partial charge in [0.15, 0.2) is 5.78 Å². The maximum atomic E-state index is 12.5. The van der Waals surface area contributed by atoms with Crippen LogP contribution in [0.3, 0.4) is 0 Å². The molecule has 0 atom stereocenters. The summed E-state index contributed by atoms with van der Waals surface area (Å²) in [7, 11) is 0. The number of carbonyl (C=O) groups is 3. The van der Waals surface area contributed by atoms with E-state index < -0.39 is 0 Å². The standard InChI is InChI=1S/C23H29N3O3/c1-6-25(7-2)21-12-13-22(16(3)14-21)26(18(5)28)15-23(29)24-20-10-8-19(9-11-20)17(4)27/h8-14H,6-7,15H2,1-5H3,(H,24,29).